The van der Waals surface area contributed by atoms with Gasteiger partial charge in [0.25, 0.3) is 0 Å². The molecule has 2 aliphatic heterocycles. The number of rotatable bonds is 2. The monoisotopic (exact) mass is 227 g/mol. The van der Waals surface area contributed by atoms with Gasteiger partial charge in [-0.15, -0.1) is 0 Å². The van der Waals surface area contributed by atoms with Crippen LogP contribution < -0.4 is 10.6 Å². The molecule has 2 rings (SSSR count). The molecule has 0 aromatic rings. The van der Waals surface area contributed by atoms with Gasteiger partial charge in [0.05, 0.1) is 18.8 Å². The molecule has 2 heterocycles. The van der Waals surface area contributed by atoms with Crippen LogP contribution in [-0.4, -0.2) is 55.9 Å². The van der Waals surface area contributed by atoms with Crippen LogP contribution in [0.5, 0.6) is 0 Å². The molecule has 2 N–H and O–H groups in total. The van der Waals surface area contributed by atoms with Crippen molar-refractivity contribution >= 4 is 6.03 Å². The van der Waals surface area contributed by atoms with Crippen molar-refractivity contribution in [3.63, 3.8) is 0 Å². The summed E-state index contributed by atoms with van der Waals surface area (Å²) in [4.78, 5) is 13.9. The van der Waals surface area contributed by atoms with Crippen LogP contribution in [0.25, 0.3) is 0 Å². The van der Waals surface area contributed by atoms with Crippen molar-refractivity contribution in [2.24, 2.45) is 5.92 Å². The summed E-state index contributed by atoms with van der Waals surface area (Å²) in [7, 11) is 0. The van der Waals surface area contributed by atoms with Gasteiger partial charge in [0, 0.05) is 26.2 Å². The molecule has 0 aliphatic carbocycles. The van der Waals surface area contributed by atoms with E-state index in [0.717, 1.165) is 19.6 Å². The first-order valence-electron chi connectivity index (χ1n) is 6.05. The molecule has 0 bridgehead atoms. The lowest BCUT2D eigenvalue weighted by molar-refractivity contribution is -0.0294. The van der Waals surface area contributed by atoms with Gasteiger partial charge in [0.2, 0.25) is 0 Å². The van der Waals surface area contributed by atoms with E-state index >= 15 is 0 Å². The Bertz CT molecular complexity index is 258. The molecule has 2 amide bonds. The molecule has 0 aromatic heterocycles. The van der Waals surface area contributed by atoms with Gasteiger partial charge in [-0.2, -0.15) is 0 Å². The van der Waals surface area contributed by atoms with E-state index < -0.39 is 0 Å². The number of carbonyl (C=O) groups excluding carboxylic acids is 1. The topological polar surface area (TPSA) is 53.6 Å². The molecule has 0 spiro atoms. The Morgan fingerprint density at radius 2 is 2.38 bits per heavy atom. The maximum Gasteiger partial charge on any atom is 0.317 e. The summed E-state index contributed by atoms with van der Waals surface area (Å²) in [5.74, 6) is 0.488. The summed E-state index contributed by atoms with van der Waals surface area (Å²) in [6.45, 7) is 7.99. The second-order valence-corrected chi connectivity index (χ2v) is 4.91. The van der Waals surface area contributed by atoms with Gasteiger partial charge in [0.15, 0.2) is 0 Å². The summed E-state index contributed by atoms with van der Waals surface area (Å²) < 4.78 is 5.62. The third-order valence-electron chi connectivity index (χ3n) is 3.12. The maximum atomic E-state index is 12.0. The molecule has 0 unspecified atom stereocenters. The fourth-order valence-corrected chi connectivity index (χ4v) is 2.24. The molecule has 5 heteroatoms. The Morgan fingerprint density at radius 3 is 3.12 bits per heavy atom. The first kappa shape index (κ1) is 11.7. The molecular weight excluding hydrogens is 206 g/mol. The average Bonchev–Trinajstić information content (AvgIpc) is 2.73. The van der Waals surface area contributed by atoms with Gasteiger partial charge in [-0.3, -0.25) is 0 Å². The van der Waals surface area contributed by atoms with Crippen LogP contribution in [0, 0.1) is 5.92 Å². The van der Waals surface area contributed by atoms with Crippen molar-refractivity contribution in [3.05, 3.63) is 0 Å². The van der Waals surface area contributed by atoms with E-state index in [1.54, 1.807) is 0 Å². The number of carbonyl (C=O) groups is 1. The normalized spacial score (nSPS) is 29.3. The fourth-order valence-electron chi connectivity index (χ4n) is 2.24. The van der Waals surface area contributed by atoms with E-state index in [2.05, 4.69) is 24.5 Å². The molecule has 16 heavy (non-hydrogen) atoms. The molecule has 2 saturated heterocycles. The van der Waals surface area contributed by atoms with E-state index in [0.29, 0.717) is 19.1 Å². The van der Waals surface area contributed by atoms with Crippen LogP contribution in [0.2, 0.25) is 0 Å². The number of amides is 2. The SMILES string of the molecule is CC(C)CNC(=O)N1CCO[C@@H]2CNC[C@@H]21. The standard InChI is InChI=1S/C11H21N3O2/c1-8(2)5-13-11(15)14-3-4-16-10-7-12-6-9(10)14/h8-10,12H,3-7H2,1-2H3,(H,13,15)/t9-,10+/m0/s1. The van der Waals surface area contributed by atoms with Gasteiger partial charge < -0.3 is 20.3 Å². The van der Waals surface area contributed by atoms with E-state index in [1.165, 1.54) is 0 Å². The van der Waals surface area contributed by atoms with Crippen LogP contribution in [0.3, 0.4) is 0 Å². The minimum absolute atomic E-state index is 0.0516. The van der Waals surface area contributed by atoms with E-state index in [1.807, 2.05) is 4.90 Å². The number of hydrogen-bond donors (Lipinski definition) is 2. The summed E-state index contributed by atoms with van der Waals surface area (Å²) in [5.41, 5.74) is 0. The molecule has 2 aliphatic rings. The predicted molar refractivity (Wildman–Crippen MR) is 61.3 cm³/mol. The first-order valence-corrected chi connectivity index (χ1v) is 6.05. The quantitative estimate of drug-likeness (QED) is 0.699. The lowest BCUT2D eigenvalue weighted by Gasteiger charge is -2.37. The smallest absolute Gasteiger partial charge is 0.317 e. The van der Waals surface area contributed by atoms with Crippen LogP contribution in [-0.2, 0) is 4.74 Å². The van der Waals surface area contributed by atoms with Crippen LogP contribution >= 0.6 is 0 Å². The van der Waals surface area contributed by atoms with Crippen molar-refractivity contribution in [1.82, 2.24) is 15.5 Å². The van der Waals surface area contributed by atoms with Gasteiger partial charge in [-0.25, -0.2) is 4.79 Å². The fraction of sp³-hybridized carbons (Fsp3) is 0.909. The van der Waals surface area contributed by atoms with Crippen molar-refractivity contribution in [2.75, 3.05) is 32.8 Å². The molecule has 2 atom stereocenters. The molecule has 5 nitrogen and oxygen atoms in total. The van der Waals surface area contributed by atoms with Crippen LogP contribution in [0.15, 0.2) is 0 Å². The van der Waals surface area contributed by atoms with E-state index in [-0.39, 0.29) is 18.2 Å². The summed E-state index contributed by atoms with van der Waals surface area (Å²) in [6, 6.07) is 0.261. The number of nitrogens with one attached hydrogen (secondary N) is 2. The lowest BCUT2D eigenvalue weighted by atomic mass is 10.1. The third-order valence-corrected chi connectivity index (χ3v) is 3.12. The highest BCUT2D eigenvalue weighted by molar-refractivity contribution is 5.74. The Labute approximate surface area is 96.5 Å². The molecule has 0 saturated carbocycles. The second kappa shape index (κ2) is 5.01. The number of hydrogen-bond acceptors (Lipinski definition) is 3. The Hall–Kier alpha value is -0.810. The highest BCUT2D eigenvalue weighted by atomic mass is 16.5. The minimum Gasteiger partial charge on any atom is -0.373 e. The predicted octanol–water partition coefficient (Wildman–Crippen LogP) is 0.0246. The van der Waals surface area contributed by atoms with Crippen molar-refractivity contribution in [3.8, 4) is 0 Å². The summed E-state index contributed by atoms with van der Waals surface area (Å²) >= 11 is 0. The van der Waals surface area contributed by atoms with E-state index in [9.17, 15) is 4.79 Å². The minimum atomic E-state index is 0.0516. The van der Waals surface area contributed by atoms with Crippen LogP contribution in [0.4, 0.5) is 4.79 Å². The van der Waals surface area contributed by atoms with Crippen molar-refractivity contribution in [2.45, 2.75) is 26.0 Å². The first-order chi connectivity index (χ1) is 7.68. The largest absolute Gasteiger partial charge is 0.373 e. The molecular formula is C11H21N3O2. The number of urea groups is 1. The number of fused-ring (bicyclic) bond motifs is 1. The molecule has 0 radical (unpaired) electrons. The third kappa shape index (κ3) is 2.47. The zero-order chi connectivity index (χ0) is 11.5. The summed E-state index contributed by atoms with van der Waals surface area (Å²) in [6.07, 6.45) is 0.179. The maximum absolute atomic E-state index is 12.0. The Morgan fingerprint density at radius 1 is 1.56 bits per heavy atom. The zero-order valence-corrected chi connectivity index (χ0v) is 10.0. The highest BCUT2D eigenvalue weighted by Crippen LogP contribution is 2.17. The number of ether oxygens (including phenoxy) is 1. The second-order valence-electron chi connectivity index (χ2n) is 4.91. The van der Waals surface area contributed by atoms with Crippen molar-refractivity contribution < 1.29 is 9.53 Å². The Balaban J connectivity index is 1.89. The van der Waals surface area contributed by atoms with Crippen molar-refractivity contribution in [1.29, 1.82) is 0 Å². The Kier molecular flexibility index (Phi) is 3.66. The van der Waals surface area contributed by atoms with Crippen LogP contribution in [0.1, 0.15) is 13.8 Å². The summed E-state index contributed by atoms with van der Waals surface area (Å²) in [5, 5.41) is 6.24. The molecule has 2 fully saturated rings. The van der Waals surface area contributed by atoms with Gasteiger partial charge in [-0.05, 0) is 5.92 Å². The van der Waals surface area contributed by atoms with Gasteiger partial charge >= 0.3 is 6.03 Å². The van der Waals surface area contributed by atoms with E-state index in [4.69, 9.17) is 4.74 Å². The lowest BCUT2D eigenvalue weighted by Crippen LogP contribution is -2.56. The highest BCUT2D eigenvalue weighted by Gasteiger charge is 2.38. The average molecular weight is 227 g/mol. The number of morpholine rings is 1. The van der Waals surface area contributed by atoms with Gasteiger partial charge in [0.1, 0.15) is 0 Å². The van der Waals surface area contributed by atoms with Gasteiger partial charge in [-0.1, -0.05) is 13.8 Å². The molecule has 0 aromatic carbocycles. The zero-order valence-electron chi connectivity index (χ0n) is 10.0. The number of nitrogens with zero attached hydrogens (tertiary/aromatic N) is 1. The molecule has 92 valence electrons.